The van der Waals surface area contributed by atoms with Gasteiger partial charge in [0.25, 0.3) is 0 Å². The van der Waals surface area contributed by atoms with Gasteiger partial charge >= 0.3 is 0 Å². The lowest BCUT2D eigenvalue weighted by Gasteiger charge is -2.30. The molecule has 0 bridgehead atoms. The Kier molecular flexibility index (Phi) is 2.88. The predicted molar refractivity (Wildman–Crippen MR) is 241 cm³/mol. The first-order valence-corrected chi connectivity index (χ1v) is 16.8. The quantitative estimate of drug-likeness (QED) is 0.164. The lowest BCUT2D eigenvalue weighted by atomic mass is 9.82. The van der Waals surface area contributed by atoms with Crippen molar-refractivity contribution in [2.75, 3.05) is 4.90 Å². The van der Waals surface area contributed by atoms with E-state index in [4.69, 9.17) is 30.2 Å². The highest BCUT2D eigenvalue weighted by Gasteiger charge is 2.36. The van der Waals surface area contributed by atoms with Crippen molar-refractivity contribution in [3.8, 4) is 39.1 Å². The number of benzene rings is 9. The summed E-state index contributed by atoms with van der Waals surface area (Å²) < 4.78 is 339. The molecule has 0 spiro atoms. The maximum Gasteiger partial charge on any atom is 0.0648 e. The SMILES string of the molecule is [2H]c1c([2H])c([2H])c(-c2c([2H])c([2H])c([2H])c([2H])c2N(c2c([2H])c([2H])c(-c3c([2H])c([2H])c4c(c3[2H])c3c([2H])c([2H])c([2H])c([2H])c3n4-c3c([2H])c([2H])c([2H])c4c([2H])c([2H])c([2H])c([2H])c34)c([2H])c2[2H])c2c([2H])c([2H])c3c(c2[2H])C(C)(C([2H])([2H])[2H])c2c([2H])c([2H])c([2H])c([2H])c2-3)c([2H])c1[2H]. The summed E-state index contributed by atoms with van der Waals surface area (Å²) >= 11 is 0. The molecule has 0 saturated heterocycles. The summed E-state index contributed by atoms with van der Waals surface area (Å²) in [6.07, 6.45) is 0. The molecule has 2 heteroatoms. The van der Waals surface area contributed by atoms with E-state index in [1.165, 1.54) is 0 Å². The number of hydrogen-bond acceptors (Lipinski definition) is 1. The predicted octanol–water partition coefficient (Wildman–Crippen LogP) is 15.0. The molecule has 1 heterocycles. The standard InChI is InChI=1S/C55H40N2/c1-55(2)49-23-11-8-21-45(49)46-33-32-42(36-50(46)55)56(51-24-12-9-20-43(51)38-15-4-3-5-16-38)41-30-27-37(28-31-41)40-29-34-54-48(35-40)47-22-10-13-25-53(47)57(54)52-26-14-18-39-17-6-7-19-44(39)52/h3-36H,1-2H3/i1D3,3D,4D,5D,6D,7D,8D,9D,10D,11D,12D,13D,14D,15D,16D,17D,18D,19D,20D,21D,22D,23D,24D,25D,26D,27D,28D,29D,30D,31D,32D,33D,34D,35D,36D. The summed E-state index contributed by atoms with van der Waals surface area (Å²) in [5.74, 6) is 0. The number of fused-ring (bicyclic) bond motifs is 7. The maximum absolute atomic E-state index is 10.2. The normalized spacial score (nSPS) is 23.9. The molecule has 0 fully saturated rings. The fourth-order valence-electron chi connectivity index (χ4n) is 6.81. The average molecular weight is 766 g/mol. The van der Waals surface area contributed by atoms with Crippen molar-refractivity contribution in [3.63, 3.8) is 0 Å². The van der Waals surface area contributed by atoms with E-state index in [2.05, 4.69) is 0 Å². The van der Waals surface area contributed by atoms with Gasteiger partial charge in [-0.15, -0.1) is 0 Å². The lowest BCUT2D eigenvalue weighted by Crippen LogP contribution is -2.16. The second-order valence-electron chi connectivity index (χ2n) is 12.6. The van der Waals surface area contributed by atoms with E-state index in [1.807, 2.05) is 0 Å². The molecule has 11 rings (SSSR count). The number of para-hydroxylation sites is 2. The summed E-state index contributed by atoms with van der Waals surface area (Å²) in [4.78, 5) is 0.256. The van der Waals surface area contributed by atoms with Crippen molar-refractivity contribution in [2.24, 2.45) is 0 Å². The van der Waals surface area contributed by atoms with Gasteiger partial charge in [-0.3, -0.25) is 0 Å². The number of hydrogen-bond donors (Lipinski definition) is 0. The second-order valence-corrected chi connectivity index (χ2v) is 12.6. The highest BCUT2D eigenvalue weighted by molar-refractivity contribution is 6.11. The Bertz CT molecular complexity index is 5190. The minimum absolute atomic E-state index is 0.256. The third-order valence-corrected chi connectivity index (χ3v) is 9.36. The fraction of sp³-hybridized carbons (Fsp3) is 0.0545. The van der Waals surface area contributed by atoms with E-state index in [0.29, 0.717) is 4.57 Å². The second kappa shape index (κ2) is 13.0. The molecule has 57 heavy (non-hydrogen) atoms. The first-order valence-electron chi connectivity index (χ1n) is 35.3. The molecular weight excluding hydrogens is 689 g/mol. The van der Waals surface area contributed by atoms with Crippen molar-refractivity contribution >= 4 is 49.6 Å². The van der Waals surface area contributed by atoms with Crippen molar-refractivity contribution < 1.29 is 50.7 Å². The number of aromatic nitrogens is 1. The molecule has 0 N–H and O–H groups in total. The van der Waals surface area contributed by atoms with Gasteiger partial charge in [0.15, 0.2) is 0 Å². The van der Waals surface area contributed by atoms with Gasteiger partial charge in [0.1, 0.15) is 0 Å². The first-order chi connectivity index (χ1) is 43.5. The van der Waals surface area contributed by atoms with Crippen LogP contribution in [0.1, 0.15) is 75.6 Å². The van der Waals surface area contributed by atoms with Crippen molar-refractivity contribution in [2.45, 2.75) is 19.2 Å². The average Bonchev–Trinajstić information content (AvgIpc) is 1.49. The van der Waals surface area contributed by atoms with Crippen LogP contribution in [0.3, 0.4) is 0 Å². The van der Waals surface area contributed by atoms with Gasteiger partial charge in [0.05, 0.1) is 69.0 Å². The molecule has 0 aliphatic heterocycles. The van der Waals surface area contributed by atoms with E-state index in [-0.39, 0.29) is 4.90 Å². The Morgan fingerprint density at radius 2 is 1.11 bits per heavy atom. The van der Waals surface area contributed by atoms with Crippen molar-refractivity contribution in [1.82, 2.24) is 4.57 Å². The van der Waals surface area contributed by atoms with Crippen molar-refractivity contribution in [1.29, 1.82) is 0 Å². The molecule has 2 nitrogen and oxygen atoms in total. The van der Waals surface area contributed by atoms with E-state index in [0.717, 1.165) is 6.92 Å². The Morgan fingerprint density at radius 1 is 0.456 bits per heavy atom. The maximum atomic E-state index is 10.2. The first kappa shape index (κ1) is 12.7. The molecule has 0 radical (unpaired) electrons. The third kappa shape index (κ3) is 5.25. The summed E-state index contributed by atoms with van der Waals surface area (Å²) in [6, 6.07) is -37.9. The van der Waals surface area contributed by atoms with Gasteiger partial charge in [0.2, 0.25) is 0 Å². The fourth-order valence-corrected chi connectivity index (χ4v) is 6.81. The number of nitrogens with zero attached hydrogens (tertiary/aromatic N) is 2. The summed E-state index contributed by atoms with van der Waals surface area (Å²) in [5.41, 5.74) is -16.3. The van der Waals surface area contributed by atoms with E-state index in [1.54, 1.807) is 0 Å². The molecular formula is C55H40N2. The van der Waals surface area contributed by atoms with Gasteiger partial charge in [-0.25, -0.2) is 0 Å². The molecule has 9 aromatic carbocycles. The van der Waals surface area contributed by atoms with Gasteiger partial charge in [0, 0.05) is 42.6 Å². The highest BCUT2D eigenvalue weighted by atomic mass is 15.1. The minimum atomic E-state index is -3.50. The van der Waals surface area contributed by atoms with Crippen LogP contribution in [0.2, 0.25) is 0 Å². The molecule has 1 aliphatic rings. The lowest BCUT2D eigenvalue weighted by molar-refractivity contribution is 0.660. The Labute approximate surface area is 385 Å². The van der Waals surface area contributed by atoms with Gasteiger partial charge in [-0.2, -0.15) is 0 Å². The molecule has 1 aromatic heterocycles. The number of rotatable bonds is 6. The van der Waals surface area contributed by atoms with Crippen LogP contribution in [-0.4, -0.2) is 4.57 Å². The van der Waals surface area contributed by atoms with Crippen LogP contribution >= 0.6 is 0 Å². The van der Waals surface area contributed by atoms with E-state index in [9.17, 15) is 20.6 Å². The molecule has 270 valence electrons. The topological polar surface area (TPSA) is 8.17 Å². The summed E-state index contributed by atoms with van der Waals surface area (Å²) in [5, 5.41) is -2.83. The van der Waals surface area contributed by atoms with Crippen LogP contribution in [-0.2, 0) is 5.41 Å². The largest absolute Gasteiger partial charge is 0.310 e. The molecule has 1 aliphatic carbocycles. The zero-order valence-corrected chi connectivity index (χ0v) is 28.9. The summed E-state index contributed by atoms with van der Waals surface area (Å²) in [6.45, 7) is -2.58. The third-order valence-electron chi connectivity index (χ3n) is 9.36. The van der Waals surface area contributed by atoms with Crippen LogP contribution in [0.15, 0.2) is 205 Å². The van der Waals surface area contributed by atoms with Gasteiger partial charge < -0.3 is 9.47 Å². The molecule has 0 amide bonds. The molecule has 1 unspecified atom stereocenters. The van der Waals surface area contributed by atoms with E-state index >= 15 is 0 Å². The van der Waals surface area contributed by atoms with Crippen molar-refractivity contribution in [3.05, 3.63) is 217 Å². The molecule has 1 atom stereocenters. The van der Waals surface area contributed by atoms with Gasteiger partial charge in [-0.05, 0) is 98.7 Å². The van der Waals surface area contributed by atoms with Crippen LogP contribution < -0.4 is 4.90 Å². The Morgan fingerprint density at radius 3 is 1.96 bits per heavy atom. The smallest absolute Gasteiger partial charge is 0.0648 e. The molecule has 0 saturated carbocycles. The van der Waals surface area contributed by atoms with Crippen LogP contribution in [0.5, 0.6) is 0 Å². The van der Waals surface area contributed by atoms with Crippen LogP contribution in [0, 0.1) is 0 Å². The minimum Gasteiger partial charge on any atom is -0.310 e. The van der Waals surface area contributed by atoms with Gasteiger partial charge in [-0.1, -0.05) is 165 Å². The van der Waals surface area contributed by atoms with Crippen LogP contribution in [0.25, 0.3) is 71.6 Å². The molecule has 10 aromatic rings. The Balaban J connectivity index is 1.35. The summed E-state index contributed by atoms with van der Waals surface area (Å²) in [7, 11) is 0. The van der Waals surface area contributed by atoms with E-state index < -0.39 is 318 Å². The Hall–Kier alpha value is -7.16. The monoisotopic (exact) mass is 766 g/mol. The zero-order valence-electron chi connectivity index (χ0n) is 65.9. The van der Waals surface area contributed by atoms with Crippen LogP contribution in [0.4, 0.5) is 17.1 Å². The highest BCUT2D eigenvalue weighted by Crippen LogP contribution is 2.51. The zero-order chi connectivity index (χ0) is 70.2. The number of anilines is 3.